The summed E-state index contributed by atoms with van der Waals surface area (Å²) in [5, 5.41) is 38.5. The summed E-state index contributed by atoms with van der Waals surface area (Å²) >= 11 is 0. The number of β-amino-alcohol motifs (C(OH)–C–C–N with tert-alkyl or cyclic N) is 1. The summed E-state index contributed by atoms with van der Waals surface area (Å²) in [4.78, 5) is 43.2. The number of phosphoric acid groups is 1. The summed E-state index contributed by atoms with van der Waals surface area (Å²) in [7, 11) is -4.88. The number of benzene rings is 1. The van der Waals surface area contributed by atoms with E-state index in [1.807, 2.05) is 19.9 Å². The van der Waals surface area contributed by atoms with Crippen LogP contribution in [0.2, 0.25) is 0 Å². The Kier molecular flexibility index (Phi) is 6.58. The average Bonchev–Trinajstić information content (AvgIpc) is 2.67. The van der Waals surface area contributed by atoms with Crippen molar-refractivity contribution in [3.8, 4) is 0 Å². The van der Waals surface area contributed by atoms with E-state index >= 15 is 0 Å². The van der Waals surface area contributed by atoms with Gasteiger partial charge in [-0.2, -0.15) is 0 Å². The molecule has 5 atom stereocenters. The van der Waals surface area contributed by atoms with Gasteiger partial charge < -0.3 is 40.6 Å². The minimum atomic E-state index is -4.88. The minimum absolute atomic E-state index is 0.319. The zero-order valence-electron chi connectivity index (χ0n) is 16.7. The molecule has 0 aromatic heterocycles. The van der Waals surface area contributed by atoms with Crippen molar-refractivity contribution in [2.75, 3.05) is 23.4 Å². The number of carbonyl (C=O) groups is 2. The first kappa shape index (κ1) is 23.4. The lowest BCUT2D eigenvalue weighted by Gasteiger charge is -2.47. The van der Waals surface area contributed by atoms with E-state index in [0.717, 1.165) is 11.1 Å². The van der Waals surface area contributed by atoms with E-state index in [9.17, 15) is 29.5 Å². The molecule has 1 saturated heterocycles. The van der Waals surface area contributed by atoms with Gasteiger partial charge in [0.05, 0.1) is 18.0 Å². The Morgan fingerprint density at radius 3 is 2.39 bits per heavy atom. The summed E-state index contributed by atoms with van der Waals surface area (Å²) in [6.45, 7) is 2.51. The molecule has 1 fully saturated rings. The Hall–Kier alpha value is -2.25. The van der Waals surface area contributed by atoms with Gasteiger partial charge in [0, 0.05) is 6.54 Å². The van der Waals surface area contributed by atoms with Gasteiger partial charge in [-0.1, -0.05) is 0 Å². The summed E-state index contributed by atoms with van der Waals surface area (Å²) in [5.74, 6) is -0.576. The van der Waals surface area contributed by atoms with Crippen molar-refractivity contribution >= 4 is 31.1 Å². The monoisotopic (exact) mass is 460 g/mol. The van der Waals surface area contributed by atoms with Gasteiger partial charge in [0.15, 0.2) is 0 Å². The average molecular weight is 460 g/mol. The lowest BCUT2D eigenvalue weighted by Crippen LogP contribution is -2.71. The second kappa shape index (κ2) is 8.71. The van der Waals surface area contributed by atoms with Crippen molar-refractivity contribution < 1.29 is 43.8 Å². The Labute approximate surface area is 177 Å². The van der Waals surface area contributed by atoms with E-state index < -0.39 is 56.9 Å². The molecule has 0 saturated carbocycles. The lowest BCUT2D eigenvalue weighted by molar-refractivity contribution is -0.122. The van der Waals surface area contributed by atoms with Crippen LogP contribution in [0.1, 0.15) is 11.1 Å². The minimum Gasteiger partial charge on any atom is -0.388 e. The molecule has 0 aliphatic carbocycles. The first-order valence-electron chi connectivity index (χ1n) is 9.37. The maximum Gasteiger partial charge on any atom is 0.469 e. The molecule has 0 bridgehead atoms. The van der Waals surface area contributed by atoms with Crippen LogP contribution in [0.25, 0.3) is 0 Å². The molecule has 1 aromatic carbocycles. The van der Waals surface area contributed by atoms with Gasteiger partial charge in [0.25, 0.3) is 5.91 Å². The van der Waals surface area contributed by atoms with Crippen LogP contribution in [0.5, 0.6) is 0 Å². The van der Waals surface area contributed by atoms with Crippen LogP contribution in [0.3, 0.4) is 0 Å². The molecule has 31 heavy (non-hydrogen) atoms. The number of fused-ring (bicyclic) bond motifs is 2. The number of nitrogens with zero attached hydrogens (tertiary/aromatic N) is 1. The topological polar surface area (TPSA) is 201 Å². The fraction of sp³-hybridized carbons (Fsp3) is 0.529. The quantitative estimate of drug-likeness (QED) is 0.215. The number of imide groups is 1. The standard InChI is InChI=1S/C17H25N4O9P/c1-7-3-9-10(4-8(7)2)21(15-13(18-9)16(25)20-17(26)19-15)5-11(22)14(24)12(23)6-30-31(27,28)29/h3-4,11-15,18,22-24H,5-6H2,1-2H3,(H2,27,28,29)(H2,19,20,25,26)/t11-,12+,13?,14-,15?/m0/s1. The third-order valence-corrected chi connectivity index (χ3v) is 5.75. The highest BCUT2D eigenvalue weighted by Gasteiger charge is 2.44. The van der Waals surface area contributed by atoms with Crippen molar-refractivity contribution in [1.82, 2.24) is 10.6 Å². The number of hydrogen-bond acceptors (Lipinski definition) is 9. The predicted molar refractivity (Wildman–Crippen MR) is 107 cm³/mol. The predicted octanol–water partition coefficient (Wildman–Crippen LogP) is -1.74. The highest BCUT2D eigenvalue weighted by molar-refractivity contribution is 7.46. The van der Waals surface area contributed by atoms with Gasteiger partial charge in [-0.05, 0) is 37.1 Å². The van der Waals surface area contributed by atoms with Gasteiger partial charge in [-0.15, -0.1) is 0 Å². The second-order valence-electron chi connectivity index (χ2n) is 7.55. The number of anilines is 2. The molecule has 3 rings (SSSR count). The maximum absolute atomic E-state index is 12.3. The molecule has 0 spiro atoms. The van der Waals surface area contributed by atoms with Crippen LogP contribution in [-0.2, 0) is 13.9 Å². The fourth-order valence-electron chi connectivity index (χ4n) is 3.51. The molecule has 2 heterocycles. The van der Waals surface area contributed by atoms with E-state index in [1.165, 1.54) is 4.90 Å². The number of nitrogens with one attached hydrogen (secondary N) is 3. The van der Waals surface area contributed by atoms with Crippen LogP contribution in [0, 0.1) is 13.8 Å². The van der Waals surface area contributed by atoms with Gasteiger partial charge in [-0.25, -0.2) is 9.36 Å². The third kappa shape index (κ3) is 5.15. The normalized spacial score (nSPS) is 23.6. The van der Waals surface area contributed by atoms with E-state index in [4.69, 9.17) is 9.79 Å². The molecule has 13 nitrogen and oxygen atoms in total. The van der Waals surface area contributed by atoms with Gasteiger partial charge in [-0.3, -0.25) is 14.6 Å². The SMILES string of the molecule is Cc1cc2c(cc1C)N(C[C@H](O)[C@H](O)[C@H](O)COP(=O)(O)O)C1NC(=O)NC(=O)C1N2. The Morgan fingerprint density at radius 1 is 1.10 bits per heavy atom. The molecule has 0 radical (unpaired) electrons. The third-order valence-electron chi connectivity index (χ3n) is 5.27. The molecular weight excluding hydrogens is 435 g/mol. The number of amides is 3. The first-order valence-corrected chi connectivity index (χ1v) is 10.9. The largest absolute Gasteiger partial charge is 0.469 e. The van der Waals surface area contributed by atoms with E-state index in [1.54, 1.807) is 6.07 Å². The molecule has 14 heteroatoms. The van der Waals surface area contributed by atoms with E-state index in [2.05, 4.69) is 20.5 Å². The highest BCUT2D eigenvalue weighted by Crippen LogP contribution is 2.37. The fourth-order valence-corrected chi connectivity index (χ4v) is 3.86. The molecule has 1 aromatic rings. The zero-order chi connectivity index (χ0) is 23.1. The molecule has 8 N–H and O–H groups in total. The van der Waals surface area contributed by atoms with Crippen molar-refractivity contribution in [2.24, 2.45) is 0 Å². The summed E-state index contributed by atoms with van der Waals surface area (Å²) < 4.78 is 14.9. The Balaban J connectivity index is 1.86. The summed E-state index contributed by atoms with van der Waals surface area (Å²) in [6.07, 6.45) is -6.15. The number of aryl methyl sites for hydroxylation is 2. The van der Waals surface area contributed by atoms with Crippen LogP contribution >= 0.6 is 7.82 Å². The summed E-state index contributed by atoms with van der Waals surface area (Å²) in [5.41, 5.74) is 2.96. The van der Waals surface area contributed by atoms with E-state index in [-0.39, 0.29) is 6.54 Å². The number of aliphatic hydroxyl groups excluding tert-OH is 3. The highest BCUT2D eigenvalue weighted by atomic mass is 31.2. The molecule has 2 aliphatic heterocycles. The van der Waals surface area contributed by atoms with Gasteiger partial charge >= 0.3 is 13.9 Å². The van der Waals surface area contributed by atoms with Crippen LogP contribution in [0.15, 0.2) is 12.1 Å². The Bertz CT molecular complexity index is 923. The van der Waals surface area contributed by atoms with Crippen molar-refractivity contribution in [3.63, 3.8) is 0 Å². The van der Waals surface area contributed by atoms with Crippen LogP contribution in [0.4, 0.5) is 16.2 Å². The smallest absolute Gasteiger partial charge is 0.388 e. The Morgan fingerprint density at radius 2 is 1.74 bits per heavy atom. The number of carbonyl (C=O) groups excluding carboxylic acids is 2. The zero-order valence-corrected chi connectivity index (χ0v) is 17.6. The maximum atomic E-state index is 12.3. The number of aliphatic hydroxyl groups is 3. The van der Waals surface area contributed by atoms with Crippen molar-refractivity contribution in [2.45, 2.75) is 44.4 Å². The van der Waals surface area contributed by atoms with Crippen LogP contribution in [-0.4, -0.2) is 80.7 Å². The van der Waals surface area contributed by atoms with Crippen molar-refractivity contribution in [1.29, 1.82) is 0 Å². The molecule has 3 amide bonds. The number of hydrogen-bond donors (Lipinski definition) is 8. The number of phosphoric ester groups is 1. The van der Waals surface area contributed by atoms with Crippen molar-refractivity contribution in [3.05, 3.63) is 23.3 Å². The molecule has 2 unspecified atom stereocenters. The number of urea groups is 1. The lowest BCUT2D eigenvalue weighted by atomic mass is 9.98. The van der Waals surface area contributed by atoms with Gasteiger partial charge in [0.2, 0.25) is 0 Å². The summed E-state index contributed by atoms with van der Waals surface area (Å²) in [6, 6.07) is 1.98. The van der Waals surface area contributed by atoms with Gasteiger partial charge in [0.1, 0.15) is 30.5 Å². The molecular formula is C17H25N4O9P. The number of rotatable bonds is 7. The second-order valence-corrected chi connectivity index (χ2v) is 8.79. The molecule has 2 aliphatic rings. The first-order chi connectivity index (χ1) is 14.4. The van der Waals surface area contributed by atoms with E-state index in [0.29, 0.717) is 11.4 Å². The van der Waals surface area contributed by atoms with Crippen LogP contribution < -0.4 is 20.9 Å². The molecule has 172 valence electrons.